The van der Waals surface area contributed by atoms with Crippen LogP contribution in [0.3, 0.4) is 0 Å². The van der Waals surface area contributed by atoms with Crippen molar-refractivity contribution >= 4 is 33.7 Å². The van der Waals surface area contributed by atoms with Gasteiger partial charge in [0.05, 0.1) is 30.9 Å². The predicted molar refractivity (Wildman–Crippen MR) is 144 cm³/mol. The molecule has 0 aliphatic carbocycles. The highest BCUT2D eigenvalue weighted by Gasteiger charge is 2.29. The van der Waals surface area contributed by atoms with Crippen LogP contribution in [0.2, 0.25) is 0 Å². The molecule has 3 rings (SSSR count). The van der Waals surface area contributed by atoms with Gasteiger partial charge in [-0.25, -0.2) is 13.8 Å². The van der Waals surface area contributed by atoms with Crippen LogP contribution in [0.5, 0.6) is 11.5 Å². The number of hydrogen-bond acceptors (Lipinski definition) is 8. The lowest BCUT2D eigenvalue weighted by atomic mass is 10.2. The summed E-state index contributed by atoms with van der Waals surface area (Å²) >= 11 is 0. The Labute approximate surface area is 223 Å². The summed E-state index contributed by atoms with van der Waals surface area (Å²) in [6.07, 6.45) is 4.49. The Morgan fingerprint density at radius 1 is 1.13 bits per heavy atom. The lowest BCUT2D eigenvalue weighted by molar-refractivity contribution is -0.123. The number of ether oxygens (including phenoxy) is 3. The molecular formula is C26H34N4O7S. The maximum Gasteiger partial charge on any atom is 0.263 e. The Hall–Kier alpha value is -3.64. The van der Waals surface area contributed by atoms with Crippen LogP contribution in [0.25, 0.3) is 0 Å². The van der Waals surface area contributed by atoms with E-state index in [2.05, 4.69) is 15.8 Å². The largest absolute Gasteiger partial charge is 0.494 e. The average Bonchev–Trinajstić information content (AvgIpc) is 3.41. The molecule has 11 nitrogen and oxygen atoms in total. The molecule has 0 spiro atoms. The number of benzene rings is 2. The van der Waals surface area contributed by atoms with E-state index >= 15 is 0 Å². The molecule has 0 aromatic heterocycles. The van der Waals surface area contributed by atoms with Gasteiger partial charge in [0.2, 0.25) is 10.0 Å². The first kappa shape index (κ1) is 28.9. The standard InChI is InChI=1S/C26H34N4O7S/c1-4-35-22-13-9-21(10-14-22)30(38(3,33)34)19(2)26(32)29-28-16-20-7-11-23(12-8-20)37-18-25(31)27-17-24-6-5-15-36-24/h7-14,16,19,24H,4-6,15,17-18H2,1-3H3,(H,27,31)(H,29,32)/b28-16-/t19-,24+/m0/s1. The zero-order valence-electron chi connectivity index (χ0n) is 21.8. The van der Waals surface area contributed by atoms with Crippen molar-refractivity contribution in [3.05, 3.63) is 54.1 Å². The highest BCUT2D eigenvalue weighted by atomic mass is 32.2. The number of hydrogen-bond donors (Lipinski definition) is 2. The minimum Gasteiger partial charge on any atom is -0.494 e. The van der Waals surface area contributed by atoms with Crippen LogP contribution in [-0.2, 0) is 24.3 Å². The van der Waals surface area contributed by atoms with E-state index < -0.39 is 22.0 Å². The maximum absolute atomic E-state index is 12.7. The first-order chi connectivity index (χ1) is 18.2. The molecule has 2 aromatic rings. The van der Waals surface area contributed by atoms with Crippen LogP contribution in [0, 0.1) is 0 Å². The summed E-state index contributed by atoms with van der Waals surface area (Å²) in [5, 5.41) is 6.73. The van der Waals surface area contributed by atoms with Crippen LogP contribution in [0.1, 0.15) is 32.3 Å². The van der Waals surface area contributed by atoms with Gasteiger partial charge in [-0.05, 0) is 80.8 Å². The lowest BCUT2D eigenvalue weighted by Crippen LogP contribution is -2.46. The fraction of sp³-hybridized carbons (Fsp3) is 0.423. The predicted octanol–water partition coefficient (Wildman–Crippen LogP) is 2.06. The van der Waals surface area contributed by atoms with Crippen LogP contribution >= 0.6 is 0 Å². The molecule has 1 aliphatic rings. The molecule has 206 valence electrons. The first-order valence-electron chi connectivity index (χ1n) is 12.3. The second-order valence-electron chi connectivity index (χ2n) is 8.69. The van der Waals surface area contributed by atoms with Crippen LogP contribution < -0.4 is 24.5 Å². The highest BCUT2D eigenvalue weighted by molar-refractivity contribution is 7.92. The van der Waals surface area contributed by atoms with Gasteiger partial charge in [-0.2, -0.15) is 5.10 Å². The van der Waals surface area contributed by atoms with Crippen molar-refractivity contribution in [1.82, 2.24) is 10.7 Å². The van der Waals surface area contributed by atoms with E-state index in [1.165, 1.54) is 13.1 Å². The van der Waals surface area contributed by atoms with Crippen molar-refractivity contribution < 1.29 is 32.2 Å². The van der Waals surface area contributed by atoms with Crippen molar-refractivity contribution in [1.29, 1.82) is 0 Å². The monoisotopic (exact) mass is 546 g/mol. The molecule has 0 unspecified atom stereocenters. The summed E-state index contributed by atoms with van der Waals surface area (Å²) in [5.41, 5.74) is 3.38. The van der Waals surface area contributed by atoms with Gasteiger partial charge in [-0.3, -0.25) is 13.9 Å². The number of carbonyl (C=O) groups excluding carboxylic acids is 2. The van der Waals surface area contributed by atoms with Gasteiger partial charge in [0.1, 0.15) is 17.5 Å². The Kier molecular flexibility index (Phi) is 10.5. The summed E-state index contributed by atoms with van der Waals surface area (Å²) in [6.45, 7) is 4.91. The Bertz CT molecular complexity index is 1200. The Balaban J connectivity index is 1.50. The number of sulfonamides is 1. The molecular weight excluding hydrogens is 512 g/mol. The zero-order valence-corrected chi connectivity index (χ0v) is 22.6. The minimum atomic E-state index is -3.76. The number of hydrazone groups is 1. The van der Waals surface area contributed by atoms with Crippen molar-refractivity contribution in [2.75, 3.05) is 36.9 Å². The summed E-state index contributed by atoms with van der Waals surface area (Å²) in [4.78, 5) is 24.6. The highest BCUT2D eigenvalue weighted by Crippen LogP contribution is 2.24. The molecule has 1 heterocycles. The van der Waals surface area contributed by atoms with E-state index in [1.54, 1.807) is 48.5 Å². The van der Waals surface area contributed by atoms with Crippen molar-refractivity contribution in [2.24, 2.45) is 5.10 Å². The van der Waals surface area contributed by atoms with E-state index in [-0.39, 0.29) is 18.6 Å². The van der Waals surface area contributed by atoms with Gasteiger partial charge >= 0.3 is 0 Å². The van der Waals surface area contributed by atoms with Crippen molar-refractivity contribution in [3.8, 4) is 11.5 Å². The van der Waals surface area contributed by atoms with E-state index in [0.29, 0.717) is 35.9 Å². The summed E-state index contributed by atoms with van der Waals surface area (Å²) in [6, 6.07) is 12.2. The lowest BCUT2D eigenvalue weighted by Gasteiger charge is -2.27. The fourth-order valence-electron chi connectivity index (χ4n) is 3.81. The van der Waals surface area contributed by atoms with E-state index in [0.717, 1.165) is 30.0 Å². The first-order valence-corrected chi connectivity index (χ1v) is 14.2. The van der Waals surface area contributed by atoms with Gasteiger partial charge in [-0.1, -0.05) is 0 Å². The number of nitrogens with zero attached hydrogens (tertiary/aromatic N) is 2. The number of nitrogens with one attached hydrogen (secondary N) is 2. The van der Waals surface area contributed by atoms with E-state index in [4.69, 9.17) is 14.2 Å². The molecule has 0 radical (unpaired) electrons. The Morgan fingerprint density at radius 3 is 2.39 bits per heavy atom. The van der Waals surface area contributed by atoms with E-state index in [1.807, 2.05) is 6.92 Å². The quantitative estimate of drug-likeness (QED) is 0.290. The normalized spacial score (nSPS) is 16.1. The van der Waals surface area contributed by atoms with Gasteiger partial charge in [-0.15, -0.1) is 0 Å². The third-order valence-electron chi connectivity index (χ3n) is 5.68. The SMILES string of the molecule is CCOc1ccc(N([C@@H](C)C(=O)N/N=C\c2ccc(OCC(=O)NC[C@H]3CCCO3)cc2)S(C)(=O)=O)cc1. The molecule has 1 saturated heterocycles. The molecule has 1 fully saturated rings. The summed E-state index contributed by atoms with van der Waals surface area (Å²) < 4.78 is 42.3. The van der Waals surface area contributed by atoms with Crippen molar-refractivity contribution in [2.45, 2.75) is 38.8 Å². The summed E-state index contributed by atoms with van der Waals surface area (Å²) in [7, 11) is -3.76. The van der Waals surface area contributed by atoms with Gasteiger partial charge < -0.3 is 19.5 Å². The molecule has 1 aliphatic heterocycles. The van der Waals surface area contributed by atoms with E-state index in [9.17, 15) is 18.0 Å². The van der Waals surface area contributed by atoms with Crippen LogP contribution in [0.15, 0.2) is 53.6 Å². The third kappa shape index (κ3) is 8.73. The Morgan fingerprint density at radius 2 is 1.79 bits per heavy atom. The molecule has 38 heavy (non-hydrogen) atoms. The molecule has 2 atom stereocenters. The second-order valence-corrected chi connectivity index (χ2v) is 10.6. The smallest absolute Gasteiger partial charge is 0.263 e. The third-order valence-corrected chi connectivity index (χ3v) is 6.92. The van der Waals surface area contributed by atoms with Crippen LogP contribution in [-0.4, -0.2) is 71.2 Å². The van der Waals surface area contributed by atoms with Gasteiger partial charge in [0.15, 0.2) is 6.61 Å². The van der Waals surface area contributed by atoms with Crippen molar-refractivity contribution in [3.63, 3.8) is 0 Å². The van der Waals surface area contributed by atoms with Gasteiger partial charge in [0.25, 0.3) is 11.8 Å². The number of carbonyl (C=O) groups is 2. The average molecular weight is 547 g/mol. The topological polar surface area (TPSA) is 136 Å². The number of rotatable bonds is 13. The molecule has 2 aromatic carbocycles. The zero-order chi connectivity index (χ0) is 27.5. The summed E-state index contributed by atoms with van der Waals surface area (Å²) in [5.74, 6) is 0.276. The maximum atomic E-state index is 12.7. The second kappa shape index (κ2) is 13.8. The molecule has 2 amide bonds. The fourth-order valence-corrected chi connectivity index (χ4v) is 4.99. The molecule has 0 bridgehead atoms. The number of anilines is 1. The molecule has 2 N–H and O–H groups in total. The molecule has 0 saturated carbocycles. The van der Waals surface area contributed by atoms with Crippen LogP contribution in [0.4, 0.5) is 5.69 Å². The minimum absolute atomic E-state index is 0.0719. The molecule has 12 heteroatoms. The van der Waals surface area contributed by atoms with Gasteiger partial charge in [0, 0.05) is 13.2 Å². The number of amides is 2.